The van der Waals surface area contributed by atoms with Crippen LogP contribution in [0.25, 0.3) is 0 Å². The predicted octanol–water partition coefficient (Wildman–Crippen LogP) is 1.49. The smallest absolute Gasteiger partial charge is 0.245 e. The zero-order valence-corrected chi connectivity index (χ0v) is 11.0. The summed E-state index contributed by atoms with van der Waals surface area (Å²) < 4.78 is 39.4. The van der Waals surface area contributed by atoms with Crippen molar-refractivity contribution < 1.29 is 17.9 Å². The number of nitrogens with zero attached hydrogens (tertiary/aromatic N) is 1. The summed E-state index contributed by atoms with van der Waals surface area (Å²) in [6, 6.07) is 3.61. The van der Waals surface area contributed by atoms with E-state index >= 15 is 0 Å². The molecule has 0 atom stereocenters. The second-order valence-corrected chi connectivity index (χ2v) is 6.49. The van der Waals surface area contributed by atoms with Gasteiger partial charge in [-0.25, -0.2) is 12.8 Å². The summed E-state index contributed by atoms with van der Waals surface area (Å²) in [7, 11) is -2.34. The molecule has 0 amide bonds. The lowest BCUT2D eigenvalue weighted by Gasteiger charge is -2.33. The lowest BCUT2D eigenvalue weighted by molar-refractivity contribution is 0.249. The van der Waals surface area contributed by atoms with Crippen molar-refractivity contribution >= 4 is 10.0 Å². The molecular weight excluding hydrogens is 257 g/mol. The fourth-order valence-corrected chi connectivity index (χ4v) is 3.47. The number of benzene rings is 1. The van der Waals surface area contributed by atoms with Crippen molar-refractivity contribution in [3.8, 4) is 0 Å². The molecule has 1 aromatic carbocycles. The quantitative estimate of drug-likeness (QED) is 0.904. The van der Waals surface area contributed by atoms with E-state index in [0.29, 0.717) is 5.56 Å². The molecule has 1 aliphatic carbocycles. The molecule has 0 bridgehead atoms. The van der Waals surface area contributed by atoms with Gasteiger partial charge in [-0.15, -0.1) is 0 Å². The lowest BCUT2D eigenvalue weighted by atomic mass is 9.94. The Morgan fingerprint density at radius 2 is 2.11 bits per heavy atom. The molecule has 0 aliphatic heterocycles. The Morgan fingerprint density at radius 1 is 1.44 bits per heavy atom. The van der Waals surface area contributed by atoms with Gasteiger partial charge in [0, 0.05) is 13.1 Å². The standard InChI is InChI=1S/C12H16FNO3S/c1-14(10-3-2-4-10)18(16,17)12-7-9(8-15)5-6-11(12)13/h5-7,10,15H,2-4,8H2,1H3. The van der Waals surface area contributed by atoms with Gasteiger partial charge < -0.3 is 5.11 Å². The molecular formula is C12H16FNO3S. The molecule has 0 unspecified atom stereocenters. The summed E-state index contributed by atoms with van der Waals surface area (Å²) in [6.07, 6.45) is 2.64. The van der Waals surface area contributed by atoms with Crippen LogP contribution in [0.3, 0.4) is 0 Å². The van der Waals surface area contributed by atoms with Crippen LogP contribution in [0.2, 0.25) is 0 Å². The first kappa shape index (κ1) is 13.5. The van der Waals surface area contributed by atoms with Crippen LogP contribution in [0.1, 0.15) is 24.8 Å². The summed E-state index contributed by atoms with van der Waals surface area (Å²) >= 11 is 0. The molecule has 2 rings (SSSR count). The van der Waals surface area contributed by atoms with E-state index in [2.05, 4.69) is 0 Å². The molecule has 0 saturated heterocycles. The Bertz CT molecular complexity index is 540. The monoisotopic (exact) mass is 273 g/mol. The van der Waals surface area contributed by atoms with Crippen molar-refractivity contribution in [1.29, 1.82) is 0 Å². The fraction of sp³-hybridized carbons (Fsp3) is 0.500. The lowest BCUT2D eigenvalue weighted by Crippen LogP contribution is -2.41. The Kier molecular flexibility index (Phi) is 3.70. The van der Waals surface area contributed by atoms with Gasteiger partial charge in [-0.3, -0.25) is 0 Å². The van der Waals surface area contributed by atoms with Crippen LogP contribution in [0.4, 0.5) is 4.39 Å². The minimum absolute atomic E-state index is 0.0350. The summed E-state index contributed by atoms with van der Waals surface area (Å²) in [6.45, 7) is -0.310. The predicted molar refractivity (Wildman–Crippen MR) is 64.9 cm³/mol. The summed E-state index contributed by atoms with van der Waals surface area (Å²) in [4.78, 5) is -0.358. The Balaban J connectivity index is 2.39. The van der Waals surface area contributed by atoms with Gasteiger partial charge in [-0.1, -0.05) is 12.5 Å². The maximum atomic E-state index is 13.7. The van der Waals surface area contributed by atoms with E-state index in [-0.39, 0.29) is 17.5 Å². The molecule has 1 N–H and O–H groups in total. The van der Waals surface area contributed by atoms with Crippen molar-refractivity contribution in [2.75, 3.05) is 7.05 Å². The van der Waals surface area contributed by atoms with Crippen molar-refractivity contribution in [2.24, 2.45) is 0 Å². The third kappa shape index (κ3) is 2.28. The molecule has 1 aliphatic rings. The summed E-state index contributed by atoms with van der Waals surface area (Å²) in [5, 5.41) is 8.99. The maximum Gasteiger partial charge on any atom is 0.245 e. The molecule has 100 valence electrons. The average molecular weight is 273 g/mol. The van der Waals surface area contributed by atoms with Gasteiger partial charge in [0.2, 0.25) is 10.0 Å². The highest BCUT2D eigenvalue weighted by molar-refractivity contribution is 7.89. The van der Waals surface area contributed by atoms with Crippen molar-refractivity contribution in [3.63, 3.8) is 0 Å². The van der Waals surface area contributed by atoms with Gasteiger partial charge in [0.25, 0.3) is 0 Å². The van der Waals surface area contributed by atoms with Crippen LogP contribution in [-0.2, 0) is 16.6 Å². The highest BCUT2D eigenvalue weighted by Gasteiger charge is 2.33. The van der Waals surface area contributed by atoms with Crippen LogP contribution in [0, 0.1) is 5.82 Å². The van der Waals surface area contributed by atoms with Crippen LogP contribution in [-0.4, -0.2) is 30.9 Å². The first-order valence-electron chi connectivity index (χ1n) is 5.84. The molecule has 0 aromatic heterocycles. The van der Waals surface area contributed by atoms with Crippen LogP contribution >= 0.6 is 0 Å². The molecule has 0 spiro atoms. The third-order valence-electron chi connectivity index (χ3n) is 3.42. The fourth-order valence-electron chi connectivity index (χ4n) is 1.95. The van der Waals surface area contributed by atoms with E-state index in [1.54, 1.807) is 0 Å². The average Bonchev–Trinajstić information content (AvgIpc) is 2.27. The number of hydrogen-bond acceptors (Lipinski definition) is 3. The molecule has 6 heteroatoms. The van der Waals surface area contributed by atoms with E-state index in [1.807, 2.05) is 0 Å². The van der Waals surface area contributed by atoms with Crippen LogP contribution < -0.4 is 0 Å². The second-order valence-electron chi connectivity index (χ2n) is 4.53. The van der Waals surface area contributed by atoms with E-state index in [0.717, 1.165) is 25.3 Å². The first-order valence-corrected chi connectivity index (χ1v) is 7.28. The van der Waals surface area contributed by atoms with Gasteiger partial charge in [0.05, 0.1) is 6.61 Å². The molecule has 4 nitrogen and oxygen atoms in total. The van der Waals surface area contributed by atoms with E-state index < -0.39 is 15.8 Å². The second kappa shape index (κ2) is 4.95. The molecule has 1 saturated carbocycles. The Morgan fingerprint density at radius 3 is 2.61 bits per heavy atom. The topological polar surface area (TPSA) is 57.6 Å². The molecule has 18 heavy (non-hydrogen) atoms. The molecule has 0 heterocycles. The summed E-state index contributed by atoms with van der Waals surface area (Å²) in [5.41, 5.74) is 0.386. The third-order valence-corrected chi connectivity index (χ3v) is 5.35. The van der Waals surface area contributed by atoms with Gasteiger partial charge in [-0.2, -0.15) is 4.31 Å². The number of rotatable bonds is 4. The zero-order valence-electron chi connectivity index (χ0n) is 10.1. The number of aliphatic hydroxyl groups excluding tert-OH is 1. The number of halogens is 1. The van der Waals surface area contributed by atoms with Crippen molar-refractivity contribution in [3.05, 3.63) is 29.6 Å². The first-order chi connectivity index (χ1) is 8.46. The SMILES string of the molecule is CN(C1CCC1)S(=O)(=O)c1cc(CO)ccc1F. The van der Waals surface area contributed by atoms with Gasteiger partial charge >= 0.3 is 0 Å². The normalized spacial score (nSPS) is 16.9. The van der Waals surface area contributed by atoms with Crippen LogP contribution in [0.5, 0.6) is 0 Å². The highest BCUT2D eigenvalue weighted by Crippen LogP contribution is 2.29. The Labute approximate surface area is 106 Å². The molecule has 1 aromatic rings. The minimum atomic E-state index is -3.82. The zero-order chi connectivity index (χ0) is 13.3. The van der Waals surface area contributed by atoms with E-state index in [4.69, 9.17) is 5.11 Å². The molecule has 1 fully saturated rings. The van der Waals surface area contributed by atoms with Gasteiger partial charge in [0.1, 0.15) is 10.7 Å². The largest absolute Gasteiger partial charge is 0.392 e. The van der Waals surface area contributed by atoms with Crippen LogP contribution in [0.15, 0.2) is 23.1 Å². The number of sulfonamides is 1. The maximum absolute atomic E-state index is 13.7. The minimum Gasteiger partial charge on any atom is -0.392 e. The highest BCUT2D eigenvalue weighted by atomic mass is 32.2. The van der Waals surface area contributed by atoms with Gasteiger partial charge in [-0.05, 0) is 30.5 Å². The molecule has 0 radical (unpaired) electrons. The van der Waals surface area contributed by atoms with Crippen molar-refractivity contribution in [1.82, 2.24) is 4.31 Å². The van der Waals surface area contributed by atoms with Crippen molar-refractivity contribution in [2.45, 2.75) is 36.8 Å². The summed E-state index contributed by atoms with van der Waals surface area (Å²) in [5.74, 6) is -0.779. The Hall–Kier alpha value is -0.980. The number of hydrogen-bond donors (Lipinski definition) is 1. The number of aliphatic hydroxyl groups is 1. The van der Waals surface area contributed by atoms with E-state index in [9.17, 15) is 12.8 Å². The van der Waals surface area contributed by atoms with E-state index in [1.165, 1.54) is 23.5 Å². The van der Waals surface area contributed by atoms with Gasteiger partial charge in [0.15, 0.2) is 0 Å².